The van der Waals surface area contributed by atoms with Crippen LogP contribution in [0.3, 0.4) is 0 Å². The Morgan fingerprint density at radius 1 is 1.19 bits per heavy atom. The molecule has 0 N–H and O–H groups in total. The van der Waals surface area contributed by atoms with Gasteiger partial charge in [0, 0.05) is 17.6 Å². The molecule has 2 heterocycles. The summed E-state index contributed by atoms with van der Waals surface area (Å²) in [6.07, 6.45) is 0.964. The third-order valence-electron chi connectivity index (χ3n) is 3.62. The summed E-state index contributed by atoms with van der Waals surface area (Å²) >= 11 is 3.65. The molecule has 108 valence electrons. The average Bonchev–Trinajstić information content (AvgIpc) is 2.46. The number of nitrogens with zero attached hydrogens (tertiary/aromatic N) is 3. The average molecular weight is 362 g/mol. The van der Waals surface area contributed by atoms with Gasteiger partial charge < -0.3 is 15.8 Å². The number of methoxy groups -OCH3 is 2. The smallest absolute Gasteiger partial charge is 1.00 e. The van der Waals surface area contributed by atoms with E-state index in [0.717, 1.165) is 35.0 Å². The molecule has 0 aliphatic carbocycles. The van der Waals surface area contributed by atoms with Gasteiger partial charge in [0.1, 0.15) is 0 Å². The van der Waals surface area contributed by atoms with E-state index in [9.17, 15) is 0 Å². The molecule has 0 amide bonds. The first-order chi connectivity index (χ1) is 9.63. The first kappa shape index (κ1) is 17.0. The molecule has 7 heteroatoms. The molecule has 1 aromatic carbocycles. The second kappa shape index (κ2) is 6.79. The fraction of sp³-hybridized carbons (Fsp3) is 0.429. The van der Waals surface area contributed by atoms with Crippen LogP contribution in [0.5, 0.6) is 11.8 Å². The number of aromatic nitrogens is 2. The van der Waals surface area contributed by atoms with E-state index < -0.39 is 0 Å². The maximum absolute atomic E-state index is 5.27. The number of benzene rings is 1. The molecule has 0 saturated carbocycles. The van der Waals surface area contributed by atoms with Gasteiger partial charge in [0.2, 0.25) is 0 Å². The summed E-state index contributed by atoms with van der Waals surface area (Å²) in [4.78, 5) is 11.4. The Kier molecular flexibility index (Phi) is 5.48. The fourth-order valence-electron chi connectivity index (χ4n) is 2.59. The van der Waals surface area contributed by atoms with Gasteiger partial charge in [0.25, 0.3) is 11.8 Å². The van der Waals surface area contributed by atoms with Crippen molar-refractivity contribution in [2.24, 2.45) is 0 Å². The molecule has 21 heavy (non-hydrogen) atoms. The van der Waals surface area contributed by atoms with Gasteiger partial charge in [-0.15, -0.1) is 0 Å². The molecule has 0 spiro atoms. The minimum absolute atomic E-state index is 0. The molecule has 3 rings (SSSR count). The second-order valence-corrected chi connectivity index (χ2v) is 5.77. The normalized spacial score (nSPS) is 14.5. The Morgan fingerprint density at radius 2 is 1.86 bits per heavy atom. The quantitative estimate of drug-likeness (QED) is 0.676. The van der Waals surface area contributed by atoms with Crippen molar-refractivity contribution in [1.29, 1.82) is 0 Å². The Morgan fingerprint density at radius 3 is 2.52 bits per heavy atom. The first-order valence-electron chi connectivity index (χ1n) is 6.42. The summed E-state index contributed by atoms with van der Waals surface area (Å²) in [5, 5.41) is 0. The van der Waals surface area contributed by atoms with E-state index in [1.54, 1.807) is 14.2 Å². The predicted molar refractivity (Wildman–Crippen MR) is 81.5 cm³/mol. The van der Waals surface area contributed by atoms with Gasteiger partial charge in [-0.3, -0.25) is 0 Å². The predicted octanol–water partition coefficient (Wildman–Crippen LogP) is -0.486. The van der Waals surface area contributed by atoms with Crippen LogP contribution in [-0.4, -0.2) is 42.7 Å². The molecule has 1 aliphatic rings. The number of hydrogen-bond acceptors (Lipinski definition) is 5. The standard InChI is InChI=1S/C14H16BrN3O2.Na.H/c1-18-5-4-8-9(7-18)10(15)6-11-12(8)17-14(20-3)13(16-11)19-2;;/h6H,4-5,7H2,1-3H3;;/q;+1;-1. The third kappa shape index (κ3) is 3.05. The number of likely N-dealkylation sites (N-methyl/N-ethyl adjacent to an activating group) is 1. The zero-order valence-corrected chi connectivity index (χ0v) is 16.3. The van der Waals surface area contributed by atoms with E-state index in [-0.39, 0.29) is 31.0 Å². The zero-order chi connectivity index (χ0) is 14.3. The summed E-state index contributed by atoms with van der Waals surface area (Å²) in [5.74, 6) is 0.850. The topological polar surface area (TPSA) is 47.5 Å². The number of ether oxygens (including phenoxy) is 2. The van der Waals surface area contributed by atoms with Crippen molar-refractivity contribution in [2.45, 2.75) is 13.0 Å². The van der Waals surface area contributed by atoms with Gasteiger partial charge in [-0.05, 0) is 30.7 Å². The molecule has 0 unspecified atom stereocenters. The van der Waals surface area contributed by atoms with E-state index in [2.05, 4.69) is 37.8 Å². The fourth-order valence-corrected chi connectivity index (χ4v) is 3.17. The van der Waals surface area contributed by atoms with Crippen LogP contribution < -0.4 is 39.0 Å². The third-order valence-corrected chi connectivity index (χ3v) is 4.33. The van der Waals surface area contributed by atoms with Crippen LogP contribution in [0, 0.1) is 0 Å². The summed E-state index contributed by atoms with van der Waals surface area (Å²) < 4.78 is 11.6. The monoisotopic (exact) mass is 361 g/mol. The molecule has 1 aromatic heterocycles. The van der Waals surface area contributed by atoms with E-state index >= 15 is 0 Å². The minimum atomic E-state index is 0. The maximum atomic E-state index is 5.27. The van der Waals surface area contributed by atoms with Crippen LogP contribution in [-0.2, 0) is 13.0 Å². The molecule has 0 radical (unpaired) electrons. The number of hydrogen-bond donors (Lipinski definition) is 0. The molecule has 0 atom stereocenters. The van der Waals surface area contributed by atoms with Crippen molar-refractivity contribution in [3.8, 4) is 11.8 Å². The molecular formula is C14H17BrN3NaO2. The van der Waals surface area contributed by atoms with Gasteiger partial charge in [-0.25, -0.2) is 9.97 Å². The zero-order valence-electron chi connectivity index (χ0n) is 13.7. The van der Waals surface area contributed by atoms with Gasteiger partial charge in [0.05, 0.1) is 25.3 Å². The Labute approximate surface area is 155 Å². The van der Waals surface area contributed by atoms with Gasteiger partial charge >= 0.3 is 29.6 Å². The summed E-state index contributed by atoms with van der Waals surface area (Å²) in [5.41, 5.74) is 4.28. The van der Waals surface area contributed by atoms with Crippen LogP contribution in [0.2, 0.25) is 0 Å². The molecular weight excluding hydrogens is 345 g/mol. The number of halogens is 1. The summed E-state index contributed by atoms with van der Waals surface area (Å²) in [6, 6.07) is 2.00. The summed E-state index contributed by atoms with van der Waals surface area (Å²) in [7, 11) is 5.28. The van der Waals surface area contributed by atoms with Crippen molar-refractivity contribution < 1.29 is 40.5 Å². The van der Waals surface area contributed by atoms with Crippen molar-refractivity contribution in [2.75, 3.05) is 27.8 Å². The minimum Gasteiger partial charge on any atom is -1.00 e. The van der Waals surface area contributed by atoms with Crippen molar-refractivity contribution in [3.05, 3.63) is 21.7 Å². The maximum Gasteiger partial charge on any atom is 1.00 e. The number of fused-ring (bicyclic) bond motifs is 3. The van der Waals surface area contributed by atoms with Crippen molar-refractivity contribution >= 4 is 27.0 Å². The Balaban J connectivity index is 0.00000121. The molecule has 0 bridgehead atoms. The molecule has 0 saturated heterocycles. The van der Waals surface area contributed by atoms with Crippen LogP contribution in [0.4, 0.5) is 0 Å². The SMILES string of the molecule is COc1nc2cc(Br)c3c(c2nc1OC)CCN(C)C3.[H-].[Na+]. The Hall–Kier alpha value is -0.400. The van der Waals surface area contributed by atoms with Crippen molar-refractivity contribution in [1.82, 2.24) is 14.9 Å². The van der Waals surface area contributed by atoms with Gasteiger partial charge in [0.15, 0.2) is 0 Å². The summed E-state index contributed by atoms with van der Waals surface area (Å²) in [6.45, 7) is 1.94. The van der Waals surface area contributed by atoms with Crippen molar-refractivity contribution in [3.63, 3.8) is 0 Å². The molecule has 0 fully saturated rings. The van der Waals surface area contributed by atoms with Crippen LogP contribution in [0.25, 0.3) is 11.0 Å². The largest absolute Gasteiger partial charge is 1.00 e. The number of rotatable bonds is 2. The molecule has 2 aromatic rings. The van der Waals surface area contributed by atoms with E-state index in [4.69, 9.17) is 9.47 Å². The second-order valence-electron chi connectivity index (χ2n) is 4.91. The van der Waals surface area contributed by atoms with Crippen LogP contribution >= 0.6 is 15.9 Å². The Bertz CT molecular complexity index is 687. The van der Waals surface area contributed by atoms with Gasteiger partial charge in [-0.1, -0.05) is 15.9 Å². The molecule has 1 aliphatic heterocycles. The van der Waals surface area contributed by atoms with E-state index in [1.807, 2.05) is 6.07 Å². The van der Waals surface area contributed by atoms with Gasteiger partial charge in [-0.2, -0.15) is 0 Å². The van der Waals surface area contributed by atoms with E-state index in [1.165, 1.54) is 11.1 Å². The first-order valence-corrected chi connectivity index (χ1v) is 7.22. The van der Waals surface area contributed by atoms with E-state index in [0.29, 0.717) is 11.8 Å². The van der Waals surface area contributed by atoms with Crippen LogP contribution in [0.15, 0.2) is 10.5 Å². The molecule has 5 nitrogen and oxygen atoms in total. The van der Waals surface area contributed by atoms with Crippen LogP contribution in [0.1, 0.15) is 12.6 Å².